The minimum Gasteiger partial charge on any atom is -0.478 e. The molecule has 0 amide bonds. The molecule has 0 aliphatic rings. The van der Waals surface area contributed by atoms with Gasteiger partial charge in [-0.1, -0.05) is 36.4 Å². The molecule has 0 aliphatic heterocycles. The van der Waals surface area contributed by atoms with Crippen LogP contribution in [0.1, 0.15) is 20.7 Å². The fourth-order valence-electron chi connectivity index (χ4n) is 3.12. The number of hydrogen-bond acceptors (Lipinski definition) is 8. The second-order valence-corrected chi connectivity index (χ2v) is 7.66. The number of hydrogen-bond donors (Lipinski definition) is 6. The Morgan fingerprint density at radius 1 is 0.486 bits per heavy atom. The van der Waals surface area contributed by atoms with Crippen molar-refractivity contribution in [1.82, 2.24) is 0 Å². The molecule has 0 unspecified atom stereocenters. The average Bonchev–Trinajstić information content (AvgIpc) is 2.88. The number of benzene rings is 4. The number of nitrogens with two attached hydrogens (primary N) is 4. The largest absolute Gasteiger partial charge is 0.478 e. The van der Waals surface area contributed by atoms with Crippen LogP contribution in [0, 0.1) is 0 Å². The molecule has 0 bridgehead atoms. The van der Waals surface area contributed by atoms with E-state index in [0.29, 0.717) is 22.7 Å². The van der Waals surface area contributed by atoms with Crippen molar-refractivity contribution >= 4 is 46.3 Å². The van der Waals surface area contributed by atoms with Crippen molar-refractivity contribution in [1.29, 1.82) is 0 Å². The molecule has 4 aromatic carbocycles. The zero-order chi connectivity index (χ0) is 27.5. The minimum absolute atomic E-state index is 0.261. The van der Waals surface area contributed by atoms with E-state index in [1.165, 1.54) is 0 Å². The smallest absolute Gasteiger partial charge is 0.335 e. The van der Waals surface area contributed by atoms with Crippen LogP contribution in [-0.2, 0) is 11.6 Å². The van der Waals surface area contributed by atoms with Gasteiger partial charge < -0.3 is 33.1 Å². The fraction of sp³-hybridized carbons (Fsp3) is 0. The van der Waals surface area contributed by atoms with Crippen molar-refractivity contribution in [2.24, 2.45) is 0 Å². The molecular formula is C26H24N4O6S. The summed E-state index contributed by atoms with van der Waals surface area (Å²) in [7, 11) is 0. The molecule has 0 atom stereocenters. The summed E-state index contributed by atoms with van der Waals surface area (Å²) in [6.07, 6.45) is 0. The predicted molar refractivity (Wildman–Crippen MR) is 144 cm³/mol. The highest BCUT2D eigenvalue weighted by Gasteiger charge is 2.05. The molecule has 10 nitrogen and oxygen atoms in total. The van der Waals surface area contributed by atoms with Gasteiger partial charge in [-0.15, -0.1) is 0 Å². The van der Waals surface area contributed by atoms with Gasteiger partial charge in [0.1, 0.15) is 0 Å². The Hall–Kier alpha value is -5.16. The number of carboxylic acids is 2. The first-order valence-electron chi connectivity index (χ1n) is 10.5. The van der Waals surface area contributed by atoms with Crippen LogP contribution in [0.5, 0.6) is 0 Å². The second kappa shape index (κ2) is 13.1. The van der Waals surface area contributed by atoms with E-state index < -0.39 is 23.5 Å². The van der Waals surface area contributed by atoms with Crippen LogP contribution in [0.3, 0.4) is 0 Å². The van der Waals surface area contributed by atoms with E-state index >= 15 is 0 Å². The molecule has 0 saturated heterocycles. The van der Waals surface area contributed by atoms with Crippen molar-refractivity contribution < 1.29 is 28.2 Å². The van der Waals surface area contributed by atoms with Crippen molar-refractivity contribution in [3.05, 3.63) is 96.1 Å². The van der Waals surface area contributed by atoms with Gasteiger partial charge in [-0.2, -0.15) is 8.42 Å². The number of anilines is 4. The normalized spacial score (nSPS) is 9.62. The highest BCUT2D eigenvalue weighted by molar-refractivity contribution is 7.51. The third-order valence-corrected chi connectivity index (χ3v) is 5.10. The monoisotopic (exact) mass is 520 g/mol. The zero-order valence-electron chi connectivity index (χ0n) is 19.3. The Kier molecular flexibility index (Phi) is 9.92. The first-order valence-corrected chi connectivity index (χ1v) is 11.1. The maximum Gasteiger partial charge on any atom is 0.335 e. The predicted octanol–water partition coefficient (Wildman–Crippen LogP) is 3.76. The van der Waals surface area contributed by atoms with Gasteiger partial charge in [-0.25, -0.2) is 9.59 Å². The zero-order valence-corrected chi connectivity index (χ0v) is 20.1. The molecular weight excluding hydrogens is 496 g/mol. The Bertz CT molecular complexity index is 1330. The number of aromatic carboxylic acids is 2. The summed E-state index contributed by atoms with van der Waals surface area (Å²) in [5.74, 6) is -1.87. The van der Waals surface area contributed by atoms with Gasteiger partial charge in [0, 0.05) is 0 Å². The Labute approximate surface area is 215 Å². The van der Waals surface area contributed by atoms with Gasteiger partial charge in [0.25, 0.3) is 0 Å². The SMILES string of the molecule is Nc1ccc(-c2ccc(C(=O)O)cc2)cc1N.Nc1ccc(-c2ccc(C(=O)O)cc2)cc1N.O=S=O. The van der Waals surface area contributed by atoms with Crippen LogP contribution in [0.2, 0.25) is 0 Å². The molecule has 0 spiro atoms. The first-order chi connectivity index (χ1) is 17.6. The van der Waals surface area contributed by atoms with E-state index in [1.54, 1.807) is 72.8 Å². The highest BCUT2D eigenvalue weighted by atomic mass is 32.1. The minimum atomic E-state index is -0.937. The van der Waals surface area contributed by atoms with E-state index in [1.807, 2.05) is 12.1 Å². The molecule has 0 heterocycles. The van der Waals surface area contributed by atoms with E-state index in [-0.39, 0.29) is 11.1 Å². The molecule has 10 N–H and O–H groups in total. The number of nitrogen functional groups attached to an aromatic ring is 4. The van der Waals surface area contributed by atoms with Crippen LogP contribution in [-0.4, -0.2) is 30.6 Å². The third-order valence-electron chi connectivity index (χ3n) is 5.10. The maximum atomic E-state index is 10.7. The van der Waals surface area contributed by atoms with Crippen LogP contribution >= 0.6 is 0 Å². The molecule has 0 aromatic heterocycles. The topological polar surface area (TPSA) is 213 Å². The highest BCUT2D eigenvalue weighted by Crippen LogP contribution is 2.26. The number of carboxylic acid groups (broad SMARTS) is 2. The van der Waals surface area contributed by atoms with E-state index in [0.717, 1.165) is 22.3 Å². The van der Waals surface area contributed by atoms with Crippen LogP contribution in [0.4, 0.5) is 22.7 Å². The lowest BCUT2D eigenvalue weighted by molar-refractivity contribution is 0.0686. The van der Waals surface area contributed by atoms with E-state index in [9.17, 15) is 9.59 Å². The Balaban J connectivity index is 0.000000235. The summed E-state index contributed by atoms with van der Waals surface area (Å²) in [6, 6.07) is 23.9. The van der Waals surface area contributed by atoms with Crippen molar-refractivity contribution in [2.45, 2.75) is 0 Å². The fourth-order valence-corrected chi connectivity index (χ4v) is 3.12. The third kappa shape index (κ3) is 7.94. The Morgan fingerprint density at radius 3 is 1.00 bits per heavy atom. The number of carbonyl (C=O) groups is 2. The summed E-state index contributed by atoms with van der Waals surface area (Å²) >= 11 is -0.750. The summed E-state index contributed by atoms with van der Waals surface area (Å²) in [5.41, 5.74) is 29.0. The maximum absolute atomic E-state index is 10.7. The molecule has 4 rings (SSSR count). The molecule has 4 aromatic rings. The van der Waals surface area contributed by atoms with Crippen LogP contribution < -0.4 is 22.9 Å². The molecule has 37 heavy (non-hydrogen) atoms. The van der Waals surface area contributed by atoms with Gasteiger partial charge >= 0.3 is 23.5 Å². The van der Waals surface area contributed by atoms with Crippen LogP contribution in [0.15, 0.2) is 84.9 Å². The lowest BCUT2D eigenvalue weighted by Gasteiger charge is -2.05. The Morgan fingerprint density at radius 2 is 0.757 bits per heavy atom. The molecule has 190 valence electrons. The second-order valence-electron chi connectivity index (χ2n) is 7.52. The van der Waals surface area contributed by atoms with Gasteiger partial charge in [-0.05, 0) is 70.8 Å². The molecule has 0 radical (unpaired) electrons. The molecule has 11 heteroatoms. The summed E-state index contributed by atoms with van der Waals surface area (Å²) in [6.45, 7) is 0. The molecule has 0 fully saturated rings. The standard InChI is InChI=1S/2C13H12N2O2.O2S/c2*14-11-6-5-10(7-12(11)15)8-1-3-9(4-2-8)13(16)17;1-3-2/h2*1-7H,14-15H2,(H,16,17);. The summed E-state index contributed by atoms with van der Waals surface area (Å²) in [4.78, 5) is 21.4. The van der Waals surface area contributed by atoms with E-state index in [4.69, 9.17) is 41.6 Å². The average molecular weight is 521 g/mol. The lowest BCUT2D eigenvalue weighted by atomic mass is 10.0. The van der Waals surface area contributed by atoms with Gasteiger partial charge in [0.15, 0.2) is 0 Å². The van der Waals surface area contributed by atoms with E-state index in [2.05, 4.69) is 0 Å². The van der Waals surface area contributed by atoms with Crippen molar-refractivity contribution in [2.75, 3.05) is 22.9 Å². The van der Waals surface area contributed by atoms with Gasteiger partial charge in [0.2, 0.25) is 0 Å². The lowest BCUT2D eigenvalue weighted by Crippen LogP contribution is -1.96. The summed E-state index contributed by atoms with van der Waals surface area (Å²) < 4.78 is 16.6. The van der Waals surface area contributed by atoms with Gasteiger partial charge in [-0.3, -0.25) is 0 Å². The van der Waals surface area contributed by atoms with Gasteiger partial charge in [0.05, 0.1) is 33.9 Å². The quantitative estimate of drug-likeness (QED) is 0.214. The molecule has 0 saturated carbocycles. The van der Waals surface area contributed by atoms with Crippen molar-refractivity contribution in [3.63, 3.8) is 0 Å². The first kappa shape index (κ1) is 28.1. The molecule has 0 aliphatic carbocycles. The van der Waals surface area contributed by atoms with Crippen molar-refractivity contribution in [3.8, 4) is 22.3 Å². The van der Waals surface area contributed by atoms with Crippen LogP contribution in [0.25, 0.3) is 22.3 Å². The summed E-state index contributed by atoms with van der Waals surface area (Å²) in [5, 5.41) is 17.6. The number of rotatable bonds is 4.